The summed E-state index contributed by atoms with van der Waals surface area (Å²) in [5.74, 6) is 0.678. The van der Waals surface area contributed by atoms with Crippen LogP contribution in [0, 0.1) is 6.92 Å². The maximum absolute atomic E-state index is 12.2. The van der Waals surface area contributed by atoms with Crippen molar-refractivity contribution in [2.75, 3.05) is 11.9 Å². The zero-order valence-electron chi connectivity index (χ0n) is 15.6. The molecule has 0 bridgehead atoms. The smallest absolute Gasteiger partial charge is 0.253 e. The minimum absolute atomic E-state index is 0.112. The molecule has 0 aliphatic heterocycles. The Morgan fingerprint density at radius 1 is 0.926 bits per heavy atom. The number of rotatable bonds is 8. The average molecular weight is 359 g/mol. The van der Waals surface area contributed by atoms with Crippen molar-refractivity contribution in [3.8, 4) is 0 Å². The molecule has 3 aromatic rings. The number of carbonyl (C=O) groups excluding carboxylic acids is 1. The lowest BCUT2D eigenvalue weighted by Gasteiger charge is -2.08. The Labute approximate surface area is 160 Å². The average Bonchev–Trinajstić information content (AvgIpc) is 2.72. The molecule has 0 fully saturated rings. The number of aromatic nitrogens is 1. The fourth-order valence-corrected chi connectivity index (χ4v) is 2.78. The zero-order chi connectivity index (χ0) is 18.9. The molecule has 0 aliphatic rings. The van der Waals surface area contributed by atoms with E-state index in [1.165, 1.54) is 11.1 Å². The normalized spacial score (nSPS) is 10.4. The molecule has 4 nitrogen and oxygen atoms in total. The molecule has 1 amide bonds. The van der Waals surface area contributed by atoms with Crippen LogP contribution in [0.4, 0.5) is 5.82 Å². The quantitative estimate of drug-likeness (QED) is 0.588. The molecule has 0 saturated heterocycles. The summed E-state index contributed by atoms with van der Waals surface area (Å²) in [5, 5.41) is 6.23. The third-order valence-electron chi connectivity index (χ3n) is 4.39. The van der Waals surface area contributed by atoms with Crippen LogP contribution in [0.5, 0.6) is 0 Å². The van der Waals surface area contributed by atoms with Gasteiger partial charge in [-0.3, -0.25) is 4.79 Å². The van der Waals surface area contributed by atoms with Gasteiger partial charge in [-0.05, 0) is 43.0 Å². The number of benzene rings is 2. The van der Waals surface area contributed by atoms with Gasteiger partial charge in [0.1, 0.15) is 5.82 Å². The van der Waals surface area contributed by atoms with Crippen LogP contribution < -0.4 is 10.6 Å². The van der Waals surface area contributed by atoms with Crippen molar-refractivity contribution in [1.29, 1.82) is 0 Å². The summed E-state index contributed by atoms with van der Waals surface area (Å²) in [6.07, 6.45) is 3.68. The number of anilines is 1. The minimum atomic E-state index is -0.112. The zero-order valence-corrected chi connectivity index (χ0v) is 15.6. The first-order valence-corrected chi connectivity index (χ1v) is 9.28. The number of hydrogen-bond donors (Lipinski definition) is 2. The van der Waals surface area contributed by atoms with Crippen molar-refractivity contribution in [1.82, 2.24) is 10.3 Å². The molecule has 0 unspecified atom stereocenters. The monoisotopic (exact) mass is 359 g/mol. The van der Waals surface area contributed by atoms with Gasteiger partial charge in [-0.15, -0.1) is 0 Å². The summed E-state index contributed by atoms with van der Waals surface area (Å²) in [6, 6.07) is 22.2. The number of carbonyl (C=O) groups is 1. The maximum atomic E-state index is 12.2. The highest BCUT2D eigenvalue weighted by Crippen LogP contribution is 2.08. The second kappa shape index (κ2) is 9.53. The number of nitrogens with one attached hydrogen (secondary N) is 2. The van der Waals surface area contributed by atoms with E-state index in [9.17, 15) is 4.79 Å². The van der Waals surface area contributed by atoms with Crippen molar-refractivity contribution >= 4 is 11.7 Å². The summed E-state index contributed by atoms with van der Waals surface area (Å²) in [7, 11) is 0. The third kappa shape index (κ3) is 5.96. The van der Waals surface area contributed by atoms with Crippen molar-refractivity contribution in [2.45, 2.75) is 26.3 Å². The van der Waals surface area contributed by atoms with Crippen LogP contribution in [0.1, 0.15) is 33.5 Å². The minimum Gasteiger partial charge on any atom is -0.370 e. The van der Waals surface area contributed by atoms with Crippen LogP contribution in [-0.4, -0.2) is 17.4 Å². The summed E-state index contributed by atoms with van der Waals surface area (Å²) in [6.45, 7) is 3.41. The molecule has 27 heavy (non-hydrogen) atoms. The van der Waals surface area contributed by atoms with Gasteiger partial charge in [0.25, 0.3) is 5.91 Å². The van der Waals surface area contributed by atoms with Gasteiger partial charge in [0, 0.05) is 19.3 Å². The molecule has 0 aliphatic carbocycles. The van der Waals surface area contributed by atoms with Gasteiger partial charge in [0.15, 0.2) is 0 Å². The van der Waals surface area contributed by atoms with Gasteiger partial charge >= 0.3 is 0 Å². The van der Waals surface area contributed by atoms with Crippen molar-refractivity contribution in [3.63, 3.8) is 0 Å². The van der Waals surface area contributed by atoms with E-state index in [0.29, 0.717) is 12.1 Å². The van der Waals surface area contributed by atoms with E-state index in [0.717, 1.165) is 30.8 Å². The molecule has 2 aromatic carbocycles. The highest BCUT2D eigenvalue weighted by molar-refractivity contribution is 5.94. The number of aryl methyl sites for hydroxylation is 2. The first-order valence-electron chi connectivity index (χ1n) is 9.28. The van der Waals surface area contributed by atoms with E-state index in [-0.39, 0.29) is 5.91 Å². The number of amides is 1. The standard InChI is InChI=1S/C23H25N3O/c1-18-9-11-20(12-10-18)16-26-23(27)21-13-14-22(25-17-21)24-15-5-8-19-6-3-2-4-7-19/h2-4,6-7,9-14,17H,5,8,15-16H2,1H3,(H,24,25)(H,26,27). The number of hydrogen-bond acceptors (Lipinski definition) is 3. The molecule has 0 saturated carbocycles. The molecule has 0 atom stereocenters. The Bertz CT molecular complexity index is 843. The molecule has 1 heterocycles. The highest BCUT2D eigenvalue weighted by Gasteiger charge is 2.06. The molecule has 1 aromatic heterocycles. The van der Waals surface area contributed by atoms with Crippen molar-refractivity contribution in [2.24, 2.45) is 0 Å². The predicted molar refractivity (Wildman–Crippen MR) is 110 cm³/mol. The highest BCUT2D eigenvalue weighted by atomic mass is 16.1. The summed E-state index contributed by atoms with van der Waals surface area (Å²) in [4.78, 5) is 16.6. The molecule has 4 heteroatoms. The lowest BCUT2D eigenvalue weighted by atomic mass is 10.1. The topological polar surface area (TPSA) is 54.0 Å². The Morgan fingerprint density at radius 2 is 1.70 bits per heavy atom. The van der Waals surface area contributed by atoms with Gasteiger partial charge in [-0.2, -0.15) is 0 Å². The Kier molecular flexibility index (Phi) is 6.58. The van der Waals surface area contributed by atoms with Crippen LogP contribution in [0.25, 0.3) is 0 Å². The van der Waals surface area contributed by atoms with Crippen LogP contribution in [0.2, 0.25) is 0 Å². The fourth-order valence-electron chi connectivity index (χ4n) is 2.78. The van der Waals surface area contributed by atoms with Gasteiger partial charge in [-0.25, -0.2) is 4.98 Å². The predicted octanol–water partition coefficient (Wildman–Crippen LogP) is 4.36. The number of nitrogens with zero attached hydrogens (tertiary/aromatic N) is 1. The van der Waals surface area contributed by atoms with E-state index in [2.05, 4.69) is 39.9 Å². The van der Waals surface area contributed by atoms with E-state index in [4.69, 9.17) is 0 Å². The molecule has 138 valence electrons. The SMILES string of the molecule is Cc1ccc(CNC(=O)c2ccc(NCCCc3ccccc3)nc2)cc1. The second-order valence-electron chi connectivity index (χ2n) is 6.62. The van der Waals surface area contributed by atoms with Crippen LogP contribution >= 0.6 is 0 Å². The van der Waals surface area contributed by atoms with E-state index < -0.39 is 0 Å². The van der Waals surface area contributed by atoms with E-state index >= 15 is 0 Å². The number of pyridine rings is 1. The molecule has 0 radical (unpaired) electrons. The van der Waals surface area contributed by atoms with Gasteiger partial charge in [-0.1, -0.05) is 60.2 Å². The lowest BCUT2D eigenvalue weighted by Crippen LogP contribution is -2.23. The summed E-state index contributed by atoms with van der Waals surface area (Å²) in [5.41, 5.74) is 4.20. The summed E-state index contributed by atoms with van der Waals surface area (Å²) < 4.78 is 0. The van der Waals surface area contributed by atoms with E-state index in [1.807, 2.05) is 43.3 Å². The van der Waals surface area contributed by atoms with Crippen LogP contribution in [0.15, 0.2) is 72.9 Å². The summed E-state index contributed by atoms with van der Waals surface area (Å²) >= 11 is 0. The van der Waals surface area contributed by atoms with Crippen LogP contribution in [-0.2, 0) is 13.0 Å². The largest absolute Gasteiger partial charge is 0.370 e. The Morgan fingerprint density at radius 3 is 2.41 bits per heavy atom. The molecular formula is C23H25N3O. The van der Waals surface area contributed by atoms with Crippen molar-refractivity contribution < 1.29 is 4.79 Å². The Hall–Kier alpha value is -3.14. The van der Waals surface area contributed by atoms with Gasteiger partial charge in [0.2, 0.25) is 0 Å². The van der Waals surface area contributed by atoms with Crippen molar-refractivity contribution in [3.05, 3.63) is 95.2 Å². The van der Waals surface area contributed by atoms with E-state index in [1.54, 1.807) is 12.3 Å². The molecular weight excluding hydrogens is 334 g/mol. The molecule has 3 rings (SSSR count). The first-order chi connectivity index (χ1) is 13.2. The first kappa shape index (κ1) is 18.6. The fraction of sp³-hybridized carbons (Fsp3) is 0.217. The molecule has 0 spiro atoms. The second-order valence-corrected chi connectivity index (χ2v) is 6.62. The third-order valence-corrected chi connectivity index (χ3v) is 4.39. The van der Waals surface area contributed by atoms with Gasteiger partial charge < -0.3 is 10.6 Å². The lowest BCUT2D eigenvalue weighted by molar-refractivity contribution is 0.0950. The Balaban J connectivity index is 1.42. The molecule has 2 N–H and O–H groups in total. The van der Waals surface area contributed by atoms with Crippen LogP contribution in [0.3, 0.4) is 0 Å². The maximum Gasteiger partial charge on any atom is 0.253 e. The van der Waals surface area contributed by atoms with Gasteiger partial charge in [0.05, 0.1) is 5.56 Å².